The Labute approximate surface area is 453 Å². The topological polar surface area (TPSA) is 13.1 Å². The molecule has 344 valence electrons. The molecule has 1 aliphatic rings. The summed E-state index contributed by atoms with van der Waals surface area (Å²) in [6.07, 6.45) is -2.53. The summed E-state index contributed by atoms with van der Waals surface area (Å²) in [6.45, 7) is 16.1. The molecule has 0 bridgehead atoms. The largest absolute Gasteiger partial charge is 0.455 e. The molecule has 0 amide bonds. The predicted octanol–water partition coefficient (Wildman–Crippen LogP) is 19.4. The number of benzene rings is 10. The summed E-state index contributed by atoms with van der Waals surface area (Å²) in [5.41, 5.74) is -3.87. The van der Waals surface area contributed by atoms with Crippen molar-refractivity contribution in [1.29, 1.82) is 0 Å². The first-order valence-corrected chi connectivity index (χ1v) is 23.0. The Morgan fingerprint density at radius 2 is 1.19 bits per heavy atom. The van der Waals surface area contributed by atoms with E-state index >= 15 is 0 Å². The lowest BCUT2D eigenvalue weighted by Gasteiger charge is -2.39. The molecule has 0 aliphatic heterocycles. The summed E-state index contributed by atoms with van der Waals surface area (Å²) in [6, 6.07) is -15.6. The van der Waals surface area contributed by atoms with E-state index < -0.39 is 179 Å². The zero-order valence-corrected chi connectivity index (χ0v) is 40.5. The minimum absolute atomic E-state index is 0.0000476. The average molecular weight is 935 g/mol. The third-order valence-corrected chi connectivity index (χ3v) is 14.5. The van der Waals surface area contributed by atoms with Gasteiger partial charge in [-0.3, -0.25) is 0 Å². The van der Waals surface area contributed by atoms with Crippen molar-refractivity contribution in [1.82, 2.24) is 0 Å². The number of fused-ring (bicyclic) bond motifs is 11. The quantitative estimate of drug-likeness (QED) is 0.115. The van der Waals surface area contributed by atoms with Crippen LogP contribution in [0.2, 0.25) is 0 Å². The molecule has 0 spiro atoms. The summed E-state index contributed by atoms with van der Waals surface area (Å²) < 4.78 is 272. The lowest BCUT2D eigenvalue weighted by atomic mass is 9.64. The number of rotatable bonds is 7. The van der Waals surface area contributed by atoms with Crippen LogP contribution in [-0.4, -0.2) is 0 Å². The maximum absolute atomic E-state index is 10.6. The average Bonchev–Trinajstić information content (AvgIpc) is 1.47. The van der Waals surface area contributed by atoms with Gasteiger partial charge in [0.25, 0.3) is 0 Å². The molecule has 1 nitrogen and oxygen atoms in total. The molecule has 1 aliphatic carbocycles. The molecule has 2 atom stereocenters. The van der Waals surface area contributed by atoms with Crippen molar-refractivity contribution in [2.75, 3.05) is 0 Å². The van der Waals surface area contributed by atoms with E-state index in [2.05, 4.69) is 0 Å². The maximum Gasteiger partial charge on any atom is 0.143 e. The van der Waals surface area contributed by atoms with Gasteiger partial charge in [-0.05, 0) is 207 Å². The van der Waals surface area contributed by atoms with Crippen LogP contribution in [0.1, 0.15) is 144 Å². The molecule has 0 saturated carbocycles. The number of aryl methyl sites for hydroxylation is 2. The lowest BCUT2D eigenvalue weighted by molar-refractivity contribution is 0.363. The van der Waals surface area contributed by atoms with E-state index in [1.54, 1.807) is 13.8 Å². The highest BCUT2D eigenvalue weighted by Gasteiger charge is 2.47. The van der Waals surface area contributed by atoms with Gasteiger partial charge in [-0.1, -0.05) is 165 Å². The second-order valence-electron chi connectivity index (χ2n) is 18.6. The Bertz CT molecular complexity index is 5560. The lowest BCUT2D eigenvalue weighted by Crippen LogP contribution is -2.33. The van der Waals surface area contributed by atoms with Crippen LogP contribution in [0.5, 0.6) is 0 Å². The minimum atomic E-state index is -2.53. The van der Waals surface area contributed by atoms with Crippen LogP contribution in [0.3, 0.4) is 0 Å². The Balaban J connectivity index is 1.32. The molecule has 0 fully saturated rings. The molecule has 0 radical (unpaired) electrons. The van der Waals surface area contributed by atoms with Gasteiger partial charge in [0.2, 0.25) is 0 Å². The molecule has 0 saturated heterocycles. The molecule has 70 heavy (non-hydrogen) atoms. The van der Waals surface area contributed by atoms with Gasteiger partial charge < -0.3 is 4.42 Å². The molecule has 0 N–H and O–H groups in total. The molecule has 1 aromatic heterocycles. The molecular formula is C69H62O. The molecule has 2 unspecified atom stereocenters. The number of furan rings is 1. The smallest absolute Gasteiger partial charge is 0.143 e. The first-order valence-electron chi connectivity index (χ1n) is 37.0. The summed E-state index contributed by atoms with van der Waals surface area (Å²) in [5.74, 6) is -3.65. The van der Waals surface area contributed by atoms with Crippen LogP contribution in [0.25, 0.3) is 87.6 Å². The molecule has 1 heterocycles. The SMILES string of the molecule is [2H]c1c([2H])c([2H])c(-c2c(C)c3c(oc4c(C)c(C(c5c([2H])c([2H])c(-c6c([2H])c7c([2H])c(C)c([2H])c([2H])c7c7c([2H])c([2H])c([2H])c([2H])c67)c(C)c5[2H])c5c(C)c([2H])c6c(c5C)C(C([2H])([2H])C)(C([2H])(C)C)c5c(C)c([2H])c([2H])c([2H])c5-6)c(C)c([2H])c43)c3c([2H])c([2H])c([2H])c([2H])c23)c([2H])c1[2H]. The Kier molecular flexibility index (Phi) is 5.35. The van der Waals surface area contributed by atoms with Crippen LogP contribution in [0, 0.1) is 61.3 Å². The van der Waals surface area contributed by atoms with E-state index in [9.17, 15) is 24.7 Å². The zero-order chi connectivity index (χ0) is 73.0. The van der Waals surface area contributed by atoms with Gasteiger partial charge >= 0.3 is 0 Å². The predicted molar refractivity (Wildman–Crippen MR) is 300 cm³/mol. The number of hydrogen-bond acceptors (Lipinski definition) is 1. The Morgan fingerprint density at radius 1 is 0.500 bits per heavy atom. The highest BCUT2D eigenvalue weighted by molar-refractivity contribution is 6.22. The van der Waals surface area contributed by atoms with Crippen LogP contribution in [-0.2, 0) is 5.41 Å². The van der Waals surface area contributed by atoms with E-state index in [-0.39, 0.29) is 156 Å². The standard InChI is InChI=1S/C69H62O/c1-12-69(38(2)3)65-40(5)21-20-28-55(65)58-35-42(7)60(45(10)66(58)69)64(48-30-32-50(41(6)34-48)57-37-49-33-39(4)29-31-51(49)52-24-16-17-25-53(52)57)61-43(8)36-59-63-44(9)62(47-22-14-13-15-23-47)54-26-18-19-27-56(54)68(63)70-67(59)46(61)11/h13-38,64H,12H2,1-11H3/i12D2,13D,14D,15D,16D,17D,18D,19D,20D,21D,22D,23D,24D,25D,26D,27D,28D,29D,30D,31D,32D,33D,34D,35D,36D,37D,38D. The third kappa shape index (κ3) is 6.16. The van der Waals surface area contributed by atoms with Crippen molar-refractivity contribution in [3.05, 3.63) is 223 Å². The van der Waals surface area contributed by atoms with Gasteiger partial charge in [-0.15, -0.1) is 0 Å². The molecule has 10 aromatic carbocycles. The van der Waals surface area contributed by atoms with Crippen LogP contribution in [0.4, 0.5) is 0 Å². The van der Waals surface area contributed by atoms with Crippen LogP contribution < -0.4 is 0 Å². The molecule has 11 aromatic rings. The Hall–Kier alpha value is -7.22. The van der Waals surface area contributed by atoms with E-state index in [1.165, 1.54) is 62.3 Å². The maximum atomic E-state index is 10.6. The van der Waals surface area contributed by atoms with Crippen molar-refractivity contribution in [2.24, 2.45) is 5.89 Å². The van der Waals surface area contributed by atoms with Crippen molar-refractivity contribution < 1.29 is 42.8 Å². The third-order valence-electron chi connectivity index (χ3n) is 14.5. The number of hydrogen-bond donors (Lipinski definition) is 0. The second kappa shape index (κ2) is 16.2. The van der Waals surface area contributed by atoms with Crippen molar-refractivity contribution >= 4 is 54.3 Å². The summed E-state index contributed by atoms with van der Waals surface area (Å²) in [7, 11) is 0. The van der Waals surface area contributed by atoms with Crippen molar-refractivity contribution in [3.8, 4) is 33.4 Å². The fourth-order valence-corrected chi connectivity index (χ4v) is 11.6. The Morgan fingerprint density at radius 3 is 1.93 bits per heavy atom. The highest BCUT2D eigenvalue weighted by atomic mass is 16.3. The van der Waals surface area contributed by atoms with E-state index in [4.69, 9.17) is 18.1 Å². The van der Waals surface area contributed by atoms with Gasteiger partial charge in [0.15, 0.2) is 0 Å². The fourth-order valence-electron chi connectivity index (χ4n) is 11.6. The molecule has 12 rings (SSSR count). The van der Waals surface area contributed by atoms with Gasteiger partial charge in [0.1, 0.15) is 11.2 Å². The van der Waals surface area contributed by atoms with Gasteiger partial charge in [0.05, 0.1) is 34.3 Å². The monoisotopic (exact) mass is 935 g/mol. The summed E-state index contributed by atoms with van der Waals surface area (Å²) in [4.78, 5) is 0. The summed E-state index contributed by atoms with van der Waals surface area (Å²) in [5, 5.41) is -1.91. The zero-order valence-electron chi connectivity index (χ0n) is 68.5. The fraction of sp³-hybridized carbons (Fsp3) is 0.217. The molecule has 1 heteroatoms. The van der Waals surface area contributed by atoms with Gasteiger partial charge in [-0.25, -0.2) is 0 Å². The first kappa shape index (κ1) is 23.1. The van der Waals surface area contributed by atoms with Crippen LogP contribution in [0.15, 0.2) is 155 Å². The normalized spacial score (nSPS) is 21.0. The van der Waals surface area contributed by atoms with E-state index in [1.807, 2.05) is 0 Å². The molecular weight excluding hydrogens is 845 g/mol. The van der Waals surface area contributed by atoms with Gasteiger partial charge in [-0.2, -0.15) is 0 Å². The van der Waals surface area contributed by atoms with Crippen LogP contribution >= 0.6 is 0 Å². The van der Waals surface area contributed by atoms with Crippen molar-refractivity contribution in [3.63, 3.8) is 0 Å². The summed E-state index contributed by atoms with van der Waals surface area (Å²) >= 11 is 0. The second-order valence-corrected chi connectivity index (χ2v) is 18.6. The van der Waals surface area contributed by atoms with E-state index in [0.29, 0.717) is 0 Å². The first-order chi connectivity index (χ1) is 45.3. The van der Waals surface area contributed by atoms with E-state index in [0.717, 1.165) is 0 Å². The highest BCUT2D eigenvalue weighted by Crippen LogP contribution is 2.59. The van der Waals surface area contributed by atoms with Gasteiger partial charge in [0, 0.05) is 31.6 Å². The van der Waals surface area contributed by atoms with Crippen molar-refractivity contribution in [2.45, 2.75) is 93.9 Å². The minimum Gasteiger partial charge on any atom is -0.455 e.